The van der Waals surface area contributed by atoms with Crippen LogP contribution in [0.2, 0.25) is 0 Å². The second-order valence-corrected chi connectivity index (χ2v) is 14.0. The number of pyridine rings is 1. The van der Waals surface area contributed by atoms with E-state index in [4.69, 9.17) is 15.0 Å². The predicted molar refractivity (Wildman–Crippen MR) is 233 cm³/mol. The molecule has 0 saturated carbocycles. The maximum Gasteiger partial charge on any atom is 0.160 e. The average Bonchev–Trinajstić information content (AvgIpc) is 3.29. The van der Waals surface area contributed by atoms with Crippen LogP contribution < -0.4 is 0 Å². The van der Waals surface area contributed by atoms with Gasteiger partial charge in [0.2, 0.25) is 0 Å². The van der Waals surface area contributed by atoms with Gasteiger partial charge in [0, 0.05) is 27.6 Å². The molecule has 0 N–H and O–H groups in total. The van der Waals surface area contributed by atoms with Crippen LogP contribution in [0.5, 0.6) is 0 Å². The van der Waals surface area contributed by atoms with Crippen molar-refractivity contribution in [3.8, 4) is 78.5 Å². The van der Waals surface area contributed by atoms with Gasteiger partial charge in [-0.2, -0.15) is 0 Å². The van der Waals surface area contributed by atoms with E-state index in [0.29, 0.717) is 5.82 Å². The third kappa shape index (κ3) is 6.42. The monoisotopic (exact) mass is 713 g/mol. The Labute approximate surface area is 326 Å². The fraction of sp³-hybridized carbons (Fsp3) is 0. The molecule has 0 fully saturated rings. The first-order chi connectivity index (χ1) is 27.7. The molecule has 0 unspecified atom stereocenters. The Morgan fingerprint density at radius 3 is 1.38 bits per heavy atom. The topological polar surface area (TPSA) is 38.7 Å². The van der Waals surface area contributed by atoms with Crippen LogP contribution in [-0.2, 0) is 0 Å². The van der Waals surface area contributed by atoms with Crippen molar-refractivity contribution in [3.05, 3.63) is 212 Å². The van der Waals surface area contributed by atoms with E-state index in [-0.39, 0.29) is 0 Å². The maximum absolute atomic E-state index is 5.17. The van der Waals surface area contributed by atoms with E-state index in [1.807, 2.05) is 18.2 Å². The van der Waals surface area contributed by atoms with Gasteiger partial charge in [0.05, 0.1) is 22.6 Å². The molecule has 262 valence electrons. The summed E-state index contributed by atoms with van der Waals surface area (Å²) < 4.78 is 0. The maximum atomic E-state index is 5.17. The summed E-state index contributed by atoms with van der Waals surface area (Å²) in [5.74, 6) is 0.690. The van der Waals surface area contributed by atoms with E-state index < -0.39 is 0 Å². The molecule has 0 amide bonds. The minimum absolute atomic E-state index is 0.690. The number of hydrogen-bond donors (Lipinski definition) is 0. The summed E-state index contributed by atoms with van der Waals surface area (Å²) >= 11 is 0. The number of benzene rings is 8. The van der Waals surface area contributed by atoms with Crippen molar-refractivity contribution in [2.24, 2.45) is 0 Å². The molecule has 3 heteroatoms. The number of nitrogens with zero attached hydrogens (tertiary/aromatic N) is 3. The summed E-state index contributed by atoms with van der Waals surface area (Å²) in [5, 5.41) is 3.50. The van der Waals surface area contributed by atoms with Gasteiger partial charge in [-0.25, -0.2) is 15.0 Å². The zero-order chi connectivity index (χ0) is 37.3. The number of hydrogen-bond acceptors (Lipinski definition) is 3. The number of aromatic nitrogens is 3. The van der Waals surface area contributed by atoms with Crippen molar-refractivity contribution in [1.82, 2.24) is 15.0 Å². The zero-order valence-corrected chi connectivity index (χ0v) is 30.5. The van der Waals surface area contributed by atoms with Crippen LogP contribution >= 0.6 is 0 Å². The summed E-state index contributed by atoms with van der Waals surface area (Å²) in [5.41, 5.74) is 14.8. The SMILES string of the molecule is c1ccc(-c2ccc(-c3cc(-c4ccccc4)nc(-c4cccc(-c5ccc6c(ccc7nc(-c8ccccc8)cc(-c8ccccc8)c76)c5)c4)n3)cc2)cc1. The third-order valence-electron chi connectivity index (χ3n) is 10.5. The van der Waals surface area contributed by atoms with Crippen molar-refractivity contribution in [1.29, 1.82) is 0 Å². The first kappa shape index (κ1) is 33.1. The lowest BCUT2D eigenvalue weighted by Crippen LogP contribution is -1.96. The van der Waals surface area contributed by atoms with Crippen LogP contribution in [0.1, 0.15) is 0 Å². The molecule has 56 heavy (non-hydrogen) atoms. The summed E-state index contributed by atoms with van der Waals surface area (Å²) in [7, 11) is 0. The second kappa shape index (κ2) is 14.4. The van der Waals surface area contributed by atoms with Crippen LogP contribution in [0.15, 0.2) is 212 Å². The minimum Gasteiger partial charge on any atom is -0.248 e. The molecule has 2 aromatic heterocycles. The van der Waals surface area contributed by atoms with Crippen LogP contribution in [0.25, 0.3) is 100 Å². The third-order valence-corrected chi connectivity index (χ3v) is 10.5. The largest absolute Gasteiger partial charge is 0.248 e. The highest BCUT2D eigenvalue weighted by molar-refractivity contribution is 6.14. The van der Waals surface area contributed by atoms with Gasteiger partial charge < -0.3 is 0 Å². The molecule has 0 aliphatic carbocycles. The fourth-order valence-corrected chi connectivity index (χ4v) is 7.63. The highest BCUT2D eigenvalue weighted by atomic mass is 14.9. The van der Waals surface area contributed by atoms with Crippen LogP contribution in [0.3, 0.4) is 0 Å². The lowest BCUT2D eigenvalue weighted by Gasteiger charge is -2.14. The van der Waals surface area contributed by atoms with Gasteiger partial charge in [0.25, 0.3) is 0 Å². The fourth-order valence-electron chi connectivity index (χ4n) is 7.63. The van der Waals surface area contributed by atoms with Crippen LogP contribution in [0, 0.1) is 0 Å². The van der Waals surface area contributed by atoms with Crippen molar-refractivity contribution in [2.45, 2.75) is 0 Å². The molecule has 0 spiro atoms. The van der Waals surface area contributed by atoms with Gasteiger partial charge in [0.15, 0.2) is 5.82 Å². The van der Waals surface area contributed by atoms with Crippen LogP contribution in [-0.4, -0.2) is 15.0 Å². The Bertz CT molecular complexity index is 2980. The second-order valence-electron chi connectivity index (χ2n) is 14.0. The van der Waals surface area contributed by atoms with Crippen LogP contribution in [0.4, 0.5) is 0 Å². The lowest BCUT2D eigenvalue weighted by molar-refractivity contribution is 1.18. The summed E-state index contributed by atoms with van der Waals surface area (Å²) in [6.45, 7) is 0. The molecule has 10 rings (SSSR count). The Kier molecular flexibility index (Phi) is 8.51. The summed E-state index contributed by atoms with van der Waals surface area (Å²) in [6.07, 6.45) is 0. The highest BCUT2D eigenvalue weighted by Gasteiger charge is 2.15. The molecule has 0 saturated heterocycles. The molecule has 0 aliphatic heterocycles. The van der Waals surface area contributed by atoms with Crippen molar-refractivity contribution in [3.63, 3.8) is 0 Å². The van der Waals surface area contributed by atoms with E-state index in [9.17, 15) is 0 Å². The molecule has 0 bridgehead atoms. The number of fused-ring (bicyclic) bond motifs is 3. The van der Waals surface area contributed by atoms with Crippen molar-refractivity contribution >= 4 is 21.7 Å². The molecule has 3 nitrogen and oxygen atoms in total. The molecule has 2 heterocycles. The normalized spacial score (nSPS) is 11.2. The highest BCUT2D eigenvalue weighted by Crippen LogP contribution is 2.38. The van der Waals surface area contributed by atoms with E-state index in [1.165, 1.54) is 27.6 Å². The zero-order valence-electron chi connectivity index (χ0n) is 30.5. The Balaban J connectivity index is 1.06. The van der Waals surface area contributed by atoms with Gasteiger partial charge in [-0.15, -0.1) is 0 Å². The molecular formula is C53H35N3. The minimum atomic E-state index is 0.690. The first-order valence-electron chi connectivity index (χ1n) is 18.9. The van der Waals surface area contributed by atoms with E-state index in [2.05, 4.69) is 194 Å². The molecular weight excluding hydrogens is 679 g/mol. The predicted octanol–water partition coefficient (Wildman–Crippen LogP) is 13.8. The Hall–Kier alpha value is -7.49. The smallest absolute Gasteiger partial charge is 0.160 e. The van der Waals surface area contributed by atoms with Crippen molar-refractivity contribution < 1.29 is 0 Å². The van der Waals surface area contributed by atoms with E-state index >= 15 is 0 Å². The summed E-state index contributed by atoms with van der Waals surface area (Å²) in [4.78, 5) is 15.5. The van der Waals surface area contributed by atoms with E-state index in [0.717, 1.165) is 66.8 Å². The standard InChI is InChI=1S/C53H35N3/c1-5-14-36(15-6-1)37-24-26-41(27-25-37)51-35-50(40-20-11-4-12-21-40)55-53(56-51)45-23-13-22-42(33-45)43-28-30-46-44(32-43)29-31-48-52(46)47(38-16-7-2-8-17-38)34-49(54-48)39-18-9-3-10-19-39/h1-35H. The molecule has 10 aromatic rings. The quantitative estimate of drug-likeness (QED) is 0.154. The number of rotatable bonds is 7. The molecule has 0 atom stereocenters. The van der Waals surface area contributed by atoms with Crippen molar-refractivity contribution in [2.75, 3.05) is 0 Å². The van der Waals surface area contributed by atoms with Gasteiger partial charge in [-0.05, 0) is 74.5 Å². The van der Waals surface area contributed by atoms with E-state index in [1.54, 1.807) is 0 Å². The molecule has 8 aromatic carbocycles. The Morgan fingerprint density at radius 1 is 0.268 bits per heavy atom. The lowest BCUT2D eigenvalue weighted by atomic mass is 9.93. The Morgan fingerprint density at radius 2 is 0.732 bits per heavy atom. The molecule has 0 radical (unpaired) electrons. The van der Waals surface area contributed by atoms with Gasteiger partial charge in [0.1, 0.15) is 0 Å². The average molecular weight is 714 g/mol. The summed E-state index contributed by atoms with van der Waals surface area (Å²) in [6, 6.07) is 74.5. The van der Waals surface area contributed by atoms with Gasteiger partial charge in [-0.1, -0.05) is 182 Å². The van der Waals surface area contributed by atoms with Gasteiger partial charge >= 0.3 is 0 Å². The molecule has 0 aliphatic rings. The van der Waals surface area contributed by atoms with Gasteiger partial charge in [-0.3, -0.25) is 0 Å². The first-order valence-corrected chi connectivity index (χ1v) is 18.9.